The highest BCUT2D eigenvalue weighted by Gasteiger charge is 2.06. The molecule has 0 unspecified atom stereocenters. The van der Waals surface area contributed by atoms with Gasteiger partial charge in [0.05, 0.1) is 5.56 Å². The lowest BCUT2D eigenvalue weighted by atomic mass is 10.1. The fourth-order valence-electron chi connectivity index (χ4n) is 1.80. The van der Waals surface area contributed by atoms with Crippen LogP contribution in [0.3, 0.4) is 0 Å². The van der Waals surface area contributed by atoms with Crippen LogP contribution >= 0.6 is 0 Å². The maximum atomic E-state index is 13.4. The summed E-state index contributed by atoms with van der Waals surface area (Å²) in [5.41, 5.74) is 1.51. The van der Waals surface area contributed by atoms with Crippen molar-refractivity contribution in [1.82, 2.24) is 0 Å². The quantitative estimate of drug-likeness (QED) is 0.687. The lowest BCUT2D eigenvalue weighted by Gasteiger charge is -2.01. The molecule has 0 radical (unpaired) electrons. The van der Waals surface area contributed by atoms with Crippen LogP contribution in [0.2, 0.25) is 0 Å². The SMILES string of the molecule is CC(=O)Nc1ccc(/C=C\C(=O)c2ccccc2F)cc1. The fraction of sp³-hybridized carbons (Fsp3) is 0.0588. The average molecular weight is 283 g/mol. The van der Waals surface area contributed by atoms with E-state index in [-0.39, 0.29) is 17.3 Å². The Bertz CT molecular complexity index is 690. The van der Waals surface area contributed by atoms with E-state index in [4.69, 9.17) is 0 Å². The number of ketones is 1. The molecule has 0 saturated heterocycles. The summed E-state index contributed by atoms with van der Waals surface area (Å²) in [4.78, 5) is 22.8. The summed E-state index contributed by atoms with van der Waals surface area (Å²) in [6.45, 7) is 1.43. The lowest BCUT2D eigenvalue weighted by Crippen LogP contribution is -2.05. The summed E-state index contributed by atoms with van der Waals surface area (Å²) in [6, 6.07) is 12.8. The molecule has 1 N–H and O–H groups in total. The lowest BCUT2D eigenvalue weighted by molar-refractivity contribution is -0.114. The minimum absolute atomic E-state index is 0.0450. The van der Waals surface area contributed by atoms with Gasteiger partial charge in [-0.3, -0.25) is 9.59 Å². The molecule has 0 aromatic heterocycles. The highest BCUT2D eigenvalue weighted by Crippen LogP contribution is 2.12. The molecule has 0 atom stereocenters. The largest absolute Gasteiger partial charge is 0.326 e. The van der Waals surface area contributed by atoms with Gasteiger partial charge in [-0.2, -0.15) is 0 Å². The third kappa shape index (κ3) is 4.11. The summed E-state index contributed by atoms with van der Waals surface area (Å²) in [7, 11) is 0. The van der Waals surface area contributed by atoms with Crippen LogP contribution in [0.15, 0.2) is 54.6 Å². The molecule has 0 aliphatic heterocycles. The van der Waals surface area contributed by atoms with Crippen molar-refractivity contribution < 1.29 is 14.0 Å². The van der Waals surface area contributed by atoms with Crippen molar-refractivity contribution in [3.63, 3.8) is 0 Å². The Hall–Kier alpha value is -2.75. The predicted octanol–water partition coefficient (Wildman–Crippen LogP) is 3.68. The molecule has 0 aliphatic carbocycles. The van der Waals surface area contributed by atoms with Gasteiger partial charge in [0.15, 0.2) is 5.78 Å². The molecular formula is C17H14FNO2. The van der Waals surface area contributed by atoms with Crippen LogP contribution in [0.5, 0.6) is 0 Å². The molecule has 0 saturated carbocycles. The number of amides is 1. The van der Waals surface area contributed by atoms with Crippen LogP contribution in [-0.4, -0.2) is 11.7 Å². The highest BCUT2D eigenvalue weighted by atomic mass is 19.1. The van der Waals surface area contributed by atoms with E-state index in [1.54, 1.807) is 36.4 Å². The van der Waals surface area contributed by atoms with Crippen molar-refractivity contribution in [2.75, 3.05) is 5.32 Å². The third-order valence-corrected chi connectivity index (χ3v) is 2.80. The Balaban J connectivity index is 2.09. The number of nitrogens with one attached hydrogen (secondary N) is 1. The number of carbonyl (C=O) groups excluding carboxylic acids is 2. The Labute approximate surface area is 122 Å². The van der Waals surface area contributed by atoms with Gasteiger partial charge in [-0.25, -0.2) is 4.39 Å². The molecule has 0 bridgehead atoms. The Morgan fingerprint density at radius 1 is 1.05 bits per heavy atom. The summed E-state index contributed by atoms with van der Waals surface area (Å²) >= 11 is 0. The number of benzene rings is 2. The Morgan fingerprint density at radius 3 is 2.33 bits per heavy atom. The molecule has 2 aromatic rings. The van der Waals surface area contributed by atoms with E-state index < -0.39 is 5.82 Å². The van der Waals surface area contributed by atoms with Gasteiger partial charge in [0.1, 0.15) is 5.82 Å². The second kappa shape index (κ2) is 6.61. The summed E-state index contributed by atoms with van der Waals surface area (Å²) in [5.74, 6) is -1.07. The molecule has 106 valence electrons. The second-order valence-corrected chi connectivity index (χ2v) is 4.48. The number of halogens is 1. The maximum Gasteiger partial charge on any atom is 0.221 e. The van der Waals surface area contributed by atoms with Crippen molar-refractivity contribution in [3.8, 4) is 0 Å². The zero-order chi connectivity index (χ0) is 15.2. The smallest absolute Gasteiger partial charge is 0.221 e. The van der Waals surface area contributed by atoms with Gasteiger partial charge in [0, 0.05) is 12.6 Å². The van der Waals surface area contributed by atoms with Crippen molar-refractivity contribution in [2.24, 2.45) is 0 Å². The van der Waals surface area contributed by atoms with E-state index in [0.29, 0.717) is 5.69 Å². The predicted molar refractivity (Wildman–Crippen MR) is 80.5 cm³/mol. The second-order valence-electron chi connectivity index (χ2n) is 4.48. The molecule has 2 aromatic carbocycles. The van der Waals surface area contributed by atoms with E-state index in [9.17, 15) is 14.0 Å². The molecule has 0 aliphatic rings. The van der Waals surface area contributed by atoms with Gasteiger partial charge in [0.2, 0.25) is 5.91 Å². The molecule has 21 heavy (non-hydrogen) atoms. The van der Waals surface area contributed by atoms with Gasteiger partial charge >= 0.3 is 0 Å². The number of carbonyl (C=O) groups is 2. The zero-order valence-corrected chi connectivity index (χ0v) is 11.5. The fourth-order valence-corrected chi connectivity index (χ4v) is 1.80. The van der Waals surface area contributed by atoms with Crippen molar-refractivity contribution >= 4 is 23.5 Å². The number of rotatable bonds is 4. The van der Waals surface area contributed by atoms with Gasteiger partial charge in [-0.1, -0.05) is 30.3 Å². The minimum atomic E-state index is -0.534. The van der Waals surface area contributed by atoms with Crippen LogP contribution in [0.4, 0.5) is 10.1 Å². The topological polar surface area (TPSA) is 46.2 Å². The number of allylic oxidation sites excluding steroid dienone is 1. The molecule has 0 fully saturated rings. The molecule has 3 nitrogen and oxygen atoms in total. The maximum absolute atomic E-state index is 13.4. The average Bonchev–Trinajstić information content (AvgIpc) is 2.46. The standard InChI is InChI=1S/C17H14FNO2/c1-12(20)19-14-9-6-13(7-10-14)8-11-17(21)15-4-2-3-5-16(15)18/h2-11H,1H3,(H,19,20)/b11-8-. The van der Waals surface area contributed by atoms with E-state index in [1.165, 1.54) is 31.2 Å². The van der Waals surface area contributed by atoms with E-state index in [1.807, 2.05) is 0 Å². The highest BCUT2D eigenvalue weighted by molar-refractivity contribution is 6.07. The van der Waals surface area contributed by atoms with Crippen molar-refractivity contribution in [1.29, 1.82) is 0 Å². The molecule has 0 spiro atoms. The van der Waals surface area contributed by atoms with Crippen LogP contribution in [0, 0.1) is 5.82 Å². The van der Waals surface area contributed by atoms with Crippen LogP contribution in [0.25, 0.3) is 6.08 Å². The Kier molecular flexibility index (Phi) is 4.61. The zero-order valence-electron chi connectivity index (χ0n) is 11.5. The van der Waals surface area contributed by atoms with Crippen molar-refractivity contribution in [3.05, 3.63) is 71.6 Å². The van der Waals surface area contributed by atoms with Gasteiger partial charge in [-0.05, 0) is 35.9 Å². The minimum Gasteiger partial charge on any atom is -0.326 e. The van der Waals surface area contributed by atoms with E-state index in [0.717, 1.165) is 5.56 Å². The summed E-state index contributed by atoms with van der Waals surface area (Å²) in [6.07, 6.45) is 2.93. The van der Waals surface area contributed by atoms with Crippen LogP contribution in [-0.2, 0) is 4.79 Å². The molecular weight excluding hydrogens is 269 g/mol. The van der Waals surface area contributed by atoms with Crippen molar-refractivity contribution in [2.45, 2.75) is 6.92 Å². The molecule has 2 rings (SSSR count). The number of anilines is 1. The van der Waals surface area contributed by atoms with Gasteiger partial charge in [0.25, 0.3) is 0 Å². The summed E-state index contributed by atoms with van der Waals surface area (Å²) in [5, 5.41) is 2.65. The summed E-state index contributed by atoms with van der Waals surface area (Å²) < 4.78 is 13.4. The van der Waals surface area contributed by atoms with Gasteiger partial charge in [-0.15, -0.1) is 0 Å². The van der Waals surface area contributed by atoms with Crippen LogP contribution < -0.4 is 5.32 Å². The first-order valence-electron chi connectivity index (χ1n) is 6.41. The molecule has 4 heteroatoms. The first-order chi connectivity index (χ1) is 10.1. The molecule has 1 amide bonds. The van der Waals surface area contributed by atoms with Crippen LogP contribution in [0.1, 0.15) is 22.8 Å². The van der Waals surface area contributed by atoms with E-state index >= 15 is 0 Å². The Morgan fingerprint density at radius 2 is 1.71 bits per heavy atom. The normalized spacial score (nSPS) is 10.6. The molecule has 0 heterocycles. The van der Waals surface area contributed by atoms with Gasteiger partial charge < -0.3 is 5.32 Å². The third-order valence-electron chi connectivity index (χ3n) is 2.80. The first kappa shape index (κ1) is 14.7. The van der Waals surface area contributed by atoms with E-state index in [2.05, 4.69) is 5.32 Å². The first-order valence-corrected chi connectivity index (χ1v) is 6.41. The number of hydrogen-bond donors (Lipinski definition) is 1. The number of hydrogen-bond acceptors (Lipinski definition) is 2. The monoisotopic (exact) mass is 283 g/mol.